The summed E-state index contributed by atoms with van der Waals surface area (Å²) in [6, 6.07) is 10.1. The second-order valence-corrected chi connectivity index (χ2v) is 11.6. The molecule has 0 spiro atoms. The number of anilines is 1. The van der Waals surface area contributed by atoms with E-state index in [4.69, 9.17) is 21.4 Å². The van der Waals surface area contributed by atoms with Crippen molar-refractivity contribution in [2.75, 3.05) is 18.5 Å². The maximum Gasteiger partial charge on any atom is 0.417 e. The van der Waals surface area contributed by atoms with Crippen LogP contribution in [-0.4, -0.2) is 35.2 Å². The summed E-state index contributed by atoms with van der Waals surface area (Å²) in [6.45, 7) is 5.62. The van der Waals surface area contributed by atoms with Gasteiger partial charge < -0.3 is 20.1 Å². The standard InChI is InChI=1S/C29H34ClF3N2O4/c1-28(2)20-8-7-19(23(28)14-20)17-35(16-18-5-10-22(11-6-18)39-13-3-4-26(36)37)27(38)34-21-9-12-25(30)24(15-21)29(31,32)33/h5-6,9-12,15,19-20,23H,3-4,7-8,13-14,16-17H2,1-2H3,(H,34,38)(H,36,37)/t19-,20?,23?/m1/s1. The van der Waals surface area contributed by atoms with Gasteiger partial charge >= 0.3 is 18.2 Å². The first-order valence-corrected chi connectivity index (χ1v) is 13.6. The van der Waals surface area contributed by atoms with Gasteiger partial charge in [0.1, 0.15) is 5.75 Å². The molecule has 3 aliphatic carbocycles. The molecule has 2 unspecified atom stereocenters. The number of benzene rings is 2. The number of aliphatic carboxylic acids is 1. The Morgan fingerprint density at radius 3 is 2.49 bits per heavy atom. The highest BCUT2D eigenvalue weighted by atomic mass is 35.5. The van der Waals surface area contributed by atoms with Crippen molar-refractivity contribution in [2.45, 2.75) is 58.7 Å². The minimum absolute atomic E-state index is 0.0273. The maximum atomic E-state index is 13.4. The van der Waals surface area contributed by atoms with Gasteiger partial charge in [-0.15, -0.1) is 0 Å². The highest BCUT2D eigenvalue weighted by molar-refractivity contribution is 6.31. The number of carboxylic acids is 1. The number of rotatable bonds is 10. The first-order chi connectivity index (χ1) is 18.3. The molecule has 0 radical (unpaired) electrons. The lowest BCUT2D eigenvalue weighted by Crippen LogP contribution is -2.55. The summed E-state index contributed by atoms with van der Waals surface area (Å²) in [5.74, 6) is 1.23. The fraction of sp³-hybridized carbons (Fsp3) is 0.517. The SMILES string of the molecule is CC1(C)C2CC[C@H](CN(Cc3ccc(OCCCC(=O)O)cc3)C(=O)Nc3ccc(Cl)c(C(F)(F)F)c3)C1C2. The van der Waals surface area contributed by atoms with Gasteiger partial charge in [-0.2, -0.15) is 13.2 Å². The minimum Gasteiger partial charge on any atom is -0.494 e. The maximum absolute atomic E-state index is 13.4. The van der Waals surface area contributed by atoms with Crippen molar-refractivity contribution >= 4 is 29.3 Å². The molecule has 6 nitrogen and oxygen atoms in total. The Kier molecular flexibility index (Phi) is 8.69. The van der Waals surface area contributed by atoms with Gasteiger partial charge in [0.25, 0.3) is 0 Å². The van der Waals surface area contributed by atoms with Crippen molar-refractivity contribution < 1.29 is 32.6 Å². The molecular weight excluding hydrogens is 533 g/mol. The van der Waals surface area contributed by atoms with Gasteiger partial charge in [0.2, 0.25) is 0 Å². The topological polar surface area (TPSA) is 78.9 Å². The largest absolute Gasteiger partial charge is 0.494 e. The quantitative estimate of drug-likeness (QED) is 0.289. The number of carbonyl (C=O) groups is 2. The summed E-state index contributed by atoms with van der Waals surface area (Å²) in [4.78, 5) is 25.8. The molecule has 5 rings (SSSR count). The van der Waals surface area contributed by atoms with Crippen LogP contribution in [0.4, 0.5) is 23.7 Å². The first kappa shape index (κ1) is 29.1. The molecule has 212 valence electrons. The summed E-state index contributed by atoms with van der Waals surface area (Å²) in [6.07, 6.45) is -0.934. The average molecular weight is 567 g/mol. The smallest absolute Gasteiger partial charge is 0.417 e. The van der Waals surface area contributed by atoms with Crippen LogP contribution < -0.4 is 10.1 Å². The Balaban J connectivity index is 1.48. The van der Waals surface area contributed by atoms with E-state index in [1.807, 2.05) is 12.1 Å². The van der Waals surface area contributed by atoms with Crippen molar-refractivity contribution in [3.05, 3.63) is 58.6 Å². The molecule has 3 atom stereocenters. The van der Waals surface area contributed by atoms with E-state index in [9.17, 15) is 22.8 Å². The van der Waals surface area contributed by atoms with Crippen LogP contribution in [0.3, 0.4) is 0 Å². The van der Waals surface area contributed by atoms with Crippen LogP contribution in [0.2, 0.25) is 5.02 Å². The average Bonchev–Trinajstić information content (AvgIpc) is 2.87. The summed E-state index contributed by atoms with van der Waals surface area (Å²) < 4.78 is 45.7. The van der Waals surface area contributed by atoms with E-state index in [0.29, 0.717) is 36.5 Å². The van der Waals surface area contributed by atoms with E-state index in [1.54, 1.807) is 17.0 Å². The first-order valence-electron chi connectivity index (χ1n) is 13.2. The summed E-state index contributed by atoms with van der Waals surface area (Å²) in [5.41, 5.74) is 0.0980. The van der Waals surface area contributed by atoms with Crippen molar-refractivity contribution in [3.63, 3.8) is 0 Å². The van der Waals surface area contributed by atoms with Gasteiger partial charge in [-0.1, -0.05) is 37.6 Å². The number of urea groups is 1. The number of ether oxygens (including phenoxy) is 1. The van der Waals surface area contributed by atoms with E-state index in [0.717, 1.165) is 37.0 Å². The lowest BCUT2D eigenvalue weighted by atomic mass is 9.45. The van der Waals surface area contributed by atoms with E-state index >= 15 is 0 Å². The van der Waals surface area contributed by atoms with E-state index in [-0.39, 0.29) is 30.7 Å². The zero-order valence-corrected chi connectivity index (χ0v) is 22.8. The zero-order valence-electron chi connectivity index (χ0n) is 22.1. The van der Waals surface area contributed by atoms with Crippen LogP contribution in [-0.2, 0) is 17.5 Å². The number of hydrogen-bond donors (Lipinski definition) is 2. The predicted molar refractivity (Wildman–Crippen MR) is 143 cm³/mol. The van der Waals surface area contributed by atoms with E-state index in [1.165, 1.54) is 6.07 Å². The van der Waals surface area contributed by atoms with Crippen LogP contribution in [0.5, 0.6) is 5.75 Å². The molecule has 0 heterocycles. The molecule has 0 aliphatic heterocycles. The Morgan fingerprint density at radius 1 is 1.15 bits per heavy atom. The Bertz CT molecular complexity index is 1180. The number of carboxylic acid groups (broad SMARTS) is 1. The van der Waals surface area contributed by atoms with Gasteiger partial charge in [-0.05, 0) is 84.7 Å². The molecule has 0 aromatic heterocycles. The number of hydrogen-bond acceptors (Lipinski definition) is 3. The molecule has 39 heavy (non-hydrogen) atoms. The van der Waals surface area contributed by atoms with Gasteiger partial charge in [-0.25, -0.2) is 4.79 Å². The van der Waals surface area contributed by atoms with Crippen LogP contribution >= 0.6 is 11.6 Å². The third kappa shape index (κ3) is 6.99. The number of nitrogens with zero attached hydrogens (tertiary/aromatic N) is 1. The monoisotopic (exact) mass is 566 g/mol. The molecule has 2 bridgehead atoms. The molecule has 3 aliphatic rings. The van der Waals surface area contributed by atoms with Crippen molar-refractivity contribution in [1.29, 1.82) is 0 Å². The summed E-state index contributed by atoms with van der Waals surface area (Å²) in [5, 5.41) is 11.0. The lowest BCUT2D eigenvalue weighted by molar-refractivity contribution is -0.138. The molecule has 2 aromatic carbocycles. The van der Waals surface area contributed by atoms with Crippen LogP contribution in [0.1, 0.15) is 57.1 Å². The van der Waals surface area contributed by atoms with Crippen molar-refractivity contribution in [2.24, 2.45) is 23.2 Å². The molecule has 2 N–H and O–H groups in total. The van der Waals surface area contributed by atoms with Gasteiger partial charge in [-0.3, -0.25) is 4.79 Å². The molecule has 10 heteroatoms. The molecule has 2 aromatic rings. The van der Waals surface area contributed by atoms with Crippen molar-refractivity contribution in [1.82, 2.24) is 4.90 Å². The zero-order chi connectivity index (χ0) is 28.4. The van der Waals surface area contributed by atoms with Gasteiger partial charge in [0.15, 0.2) is 0 Å². The molecule has 0 saturated heterocycles. The summed E-state index contributed by atoms with van der Waals surface area (Å²) in [7, 11) is 0. The second-order valence-electron chi connectivity index (χ2n) is 11.2. The Hall–Kier alpha value is -2.94. The predicted octanol–water partition coefficient (Wildman–Crippen LogP) is 7.71. The van der Waals surface area contributed by atoms with Crippen LogP contribution in [0.25, 0.3) is 0 Å². The molecule has 3 saturated carbocycles. The fourth-order valence-electron chi connectivity index (χ4n) is 6.03. The highest BCUT2D eigenvalue weighted by Crippen LogP contribution is 2.61. The van der Waals surface area contributed by atoms with E-state index < -0.39 is 28.8 Å². The Morgan fingerprint density at radius 2 is 1.87 bits per heavy atom. The molecular formula is C29H34ClF3N2O4. The second kappa shape index (κ2) is 11.7. The van der Waals surface area contributed by atoms with E-state index in [2.05, 4.69) is 19.2 Å². The number of fused-ring (bicyclic) bond motifs is 2. The normalized spacial score (nSPS) is 21.5. The number of alkyl halides is 3. The van der Waals surface area contributed by atoms with Gasteiger partial charge in [0, 0.05) is 25.2 Å². The minimum atomic E-state index is -4.64. The Labute approximate surface area is 231 Å². The highest BCUT2D eigenvalue weighted by Gasteiger charge is 2.54. The molecule has 3 fully saturated rings. The third-order valence-corrected chi connectivity index (χ3v) is 8.70. The number of nitrogens with one attached hydrogen (secondary N) is 1. The molecule has 2 amide bonds. The van der Waals surface area contributed by atoms with Crippen LogP contribution in [0.15, 0.2) is 42.5 Å². The number of halogens is 4. The number of amides is 2. The fourth-order valence-corrected chi connectivity index (χ4v) is 6.26. The lowest BCUT2D eigenvalue weighted by Gasteiger charge is -2.60. The third-order valence-electron chi connectivity index (χ3n) is 8.37. The van der Waals surface area contributed by atoms with Crippen LogP contribution in [0, 0.1) is 23.2 Å². The van der Waals surface area contributed by atoms with Gasteiger partial charge in [0.05, 0.1) is 17.2 Å². The number of carbonyl (C=O) groups excluding carboxylic acids is 1. The summed E-state index contributed by atoms with van der Waals surface area (Å²) >= 11 is 5.75. The van der Waals surface area contributed by atoms with Crippen molar-refractivity contribution in [3.8, 4) is 5.75 Å².